The van der Waals surface area contributed by atoms with Crippen molar-refractivity contribution in [1.29, 1.82) is 0 Å². The Bertz CT molecular complexity index is 261. The minimum Gasteiger partial charge on any atom is -2.00 e. The summed E-state index contributed by atoms with van der Waals surface area (Å²) in [5, 5.41) is 0. The summed E-state index contributed by atoms with van der Waals surface area (Å²) < 4.78 is 19.8. The van der Waals surface area contributed by atoms with E-state index in [0.717, 1.165) is 12.8 Å². The van der Waals surface area contributed by atoms with Crippen molar-refractivity contribution < 1.29 is 32.2 Å². The summed E-state index contributed by atoms with van der Waals surface area (Å²) in [4.78, 5) is 0. The molecule has 0 saturated heterocycles. The molecule has 0 aliphatic heterocycles. The van der Waals surface area contributed by atoms with Crippen LogP contribution in [0.4, 0.5) is 0 Å². The topological polar surface area (TPSA) is 35.5 Å². The van der Waals surface area contributed by atoms with Crippen LogP contribution < -0.4 is 0 Å². The Labute approximate surface area is 166 Å². The number of hydrogen-bond acceptors (Lipinski definition) is 4. The van der Waals surface area contributed by atoms with Crippen molar-refractivity contribution in [2.75, 3.05) is 0 Å². The van der Waals surface area contributed by atoms with Crippen molar-refractivity contribution >= 4 is 56.7 Å². The van der Waals surface area contributed by atoms with Crippen molar-refractivity contribution in [1.82, 2.24) is 0 Å². The average Bonchev–Trinajstić information content (AvgIpc) is 2.14. The van der Waals surface area contributed by atoms with Crippen LogP contribution in [-0.4, -0.2) is 12.2 Å². The molecule has 0 heterocycles. The molecule has 0 aliphatic rings. The van der Waals surface area contributed by atoms with Gasteiger partial charge in [-0.2, -0.15) is 0 Å². The molecule has 9 heteroatoms. The van der Waals surface area contributed by atoms with E-state index in [0.29, 0.717) is 31.6 Å². The number of rotatable bonds is 8. The fraction of sp³-hybridized carbons (Fsp3) is 1.00. The fourth-order valence-corrected chi connectivity index (χ4v) is 4.87. The zero-order chi connectivity index (χ0) is 15.6. The second-order valence-electron chi connectivity index (χ2n) is 5.56. The minimum atomic E-state index is -2.39. The van der Waals surface area contributed by atoms with Crippen LogP contribution in [0.1, 0.15) is 54.4 Å². The van der Waals surface area contributed by atoms with Gasteiger partial charge in [0.2, 0.25) is 5.69 Å². The Kier molecular flexibility index (Phi) is 25.0. The summed E-state index contributed by atoms with van der Waals surface area (Å²) in [6.45, 7) is 12.8. The molecule has 21 heavy (non-hydrogen) atoms. The third kappa shape index (κ3) is 22.1. The summed E-state index contributed by atoms with van der Waals surface area (Å²) >= 11 is 10.4. The molecule has 0 rings (SSSR count). The first kappa shape index (κ1) is 30.9. The third-order valence-electron chi connectivity index (χ3n) is 2.23. The van der Waals surface area contributed by atoms with Crippen molar-refractivity contribution in [3.8, 4) is 0 Å². The Morgan fingerprint density at radius 1 is 0.905 bits per heavy atom. The van der Waals surface area contributed by atoms with Gasteiger partial charge in [0.05, 0.1) is 12.2 Å². The van der Waals surface area contributed by atoms with Gasteiger partial charge in [0.1, 0.15) is 0 Å². The van der Waals surface area contributed by atoms with E-state index < -0.39 is 5.69 Å². The predicted octanol–water partition coefficient (Wildman–Crippen LogP) is 4.92. The van der Waals surface area contributed by atoms with Crippen molar-refractivity contribution in [2.24, 2.45) is 11.8 Å². The molecule has 0 radical (unpaired) electrons. The van der Waals surface area contributed by atoms with Crippen LogP contribution in [0.25, 0.3) is 0 Å². The number of thiol groups is 1. The number of hydrogen-bond donors (Lipinski definition) is 1. The van der Waals surface area contributed by atoms with E-state index >= 15 is 0 Å². The Balaban J connectivity index is -0.000000344. The molecule has 0 amide bonds. The summed E-state index contributed by atoms with van der Waals surface area (Å²) in [7, 11) is 0. The van der Waals surface area contributed by atoms with E-state index in [1.165, 1.54) is 0 Å². The van der Waals surface area contributed by atoms with Gasteiger partial charge in [-0.15, -0.1) is 0 Å². The molecule has 0 aromatic heterocycles. The maximum absolute atomic E-state index is 8.26. The molecule has 3 nitrogen and oxygen atoms in total. The zero-order valence-electron chi connectivity index (χ0n) is 13.5. The van der Waals surface area contributed by atoms with Gasteiger partial charge in [-0.3, -0.25) is 0 Å². The van der Waals surface area contributed by atoms with Gasteiger partial charge in [0.25, 0.3) is 0 Å². The van der Waals surface area contributed by atoms with E-state index in [-0.39, 0.29) is 39.2 Å². The van der Waals surface area contributed by atoms with Crippen LogP contribution in [-0.2, 0) is 71.0 Å². The van der Waals surface area contributed by atoms with Gasteiger partial charge in [-0.25, -0.2) is 0 Å². The van der Waals surface area contributed by atoms with Crippen molar-refractivity contribution in [2.45, 2.75) is 66.6 Å². The second kappa shape index (κ2) is 16.9. The molecular formula is C12H27MoO3PS4. The molecular weight excluding hydrogens is 447 g/mol. The van der Waals surface area contributed by atoms with Crippen LogP contribution in [0.5, 0.6) is 0 Å². The van der Waals surface area contributed by atoms with E-state index in [9.17, 15) is 0 Å². The summed E-state index contributed by atoms with van der Waals surface area (Å²) in [5.74, 6) is 1.20. The quantitative estimate of drug-likeness (QED) is 0.308. The van der Waals surface area contributed by atoms with Crippen molar-refractivity contribution in [3.05, 3.63) is 0 Å². The summed E-state index contributed by atoms with van der Waals surface area (Å²) in [5.41, 5.74) is -2.39. The zero-order valence-corrected chi connectivity index (χ0v) is 19.7. The second-order valence-corrected chi connectivity index (χ2v) is 10.8. The first-order chi connectivity index (χ1) is 8.62. The molecule has 0 N–H and O–H groups in total. The van der Waals surface area contributed by atoms with E-state index in [1.54, 1.807) is 0 Å². The monoisotopic (exact) mass is 476 g/mol. The molecule has 0 aromatic carbocycles. The van der Waals surface area contributed by atoms with Crippen LogP contribution in [0.3, 0.4) is 0 Å². The molecule has 0 fully saturated rings. The fourth-order valence-electron chi connectivity index (χ4n) is 1.89. The largest absolute Gasteiger partial charge is 2.00 e. The molecule has 0 bridgehead atoms. The van der Waals surface area contributed by atoms with Gasteiger partial charge in [-0.1, -0.05) is 39.9 Å². The molecule has 2 atom stereocenters. The molecule has 0 aliphatic carbocycles. The van der Waals surface area contributed by atoms with Gasteiger partial charge < -0.3 is 36.0 Å². The summed E-state index contributed by atoms with van der Waals surface area (Å²) in [6, 6.07) is 0. The molecule has 128 valence electrons. The molecule has 2 unspecified atom stereocenters. The van der Waals surface area contributed by atoms with Crippen LogP contribution >= 0.6 is 17.9 Å². The summed E-state index contributed by atoms with van der Waals surface area (Å²) in [6.07, 6.45) is 2.20. The van der Waals surface area contributed by atoms with Crippen LogP contribution in [0.15, 0.2) is 0 Å². The Morgan fingerprint density at radius 3 is 1.33 bits per heavy atom. The molecule has 0 saturated carbocycles. The Morgan fingerprint density at radius 2 is 1.14 bits per heavy atom. The van der Waals surface area contributed by atoms with Crippen molar-refractivity contribution in [3.63, 3.8) is 0 Å². The third-order valence-corrected chi connectivity index (χ3v) is 4.57. The van der Waals surface area contributed by atoms with Gasteiger partial charge >= 0.3 is 23.2 Å². The van der Waals surface area contributed by atoms with E-state index in [4.69, 9.17) is 24.3 Å². The SMILES string of the molecule is CC(C)CC(C)OP(=S)(S)OC(C)CC(C)C.[O]=[Mo+4].[S-2].[S-2]. The van der Waals surface area contributed by atoms with E-state index in [2.05, 4.69) is 39.9 Å². The maximum atomic E-state index is 8.26. The minimum absolute atomic E-state index is 0. The van der Waals surface area contributed by atoms with E-state index in [1.807, 2.05) is 13.8 Å². The average molecular weight is 475 g/mol. The molecule has 0 aromatic rings. The van der Waals surface area contributed by atoms with Gasteiger partial charge in [0, 0.05) is 0 Å². The normalized spacial score (nSPS) is 16.0. The first-order valence-corrected chi connectivity index (χ1v) is 11.1. The van der Waals surface area contributed by atoms with Gasteiger partial charge in [0.15, 0.2) is 0 Å². The van der Waals surface area contributed by atoms with Gasteiger partial charge in [-0.05, 0) is 50.3 Å². The van der Waals surface area contributed by atoms with Crippen LogP contribution in [0.2, 0.25) is 0 Å². The molecule has 0 spiro atoms. The maximum Gasteiger partial charge on any atom is -2.00 e. The standard InChI is InChI=1S/C12H27O2PS2.Mo.O.2S/c1-9(2)7-11(5)13-15(16,17)14-12(6)8-10(3)4;;;;/h9-12H,7-8H2,1-6H3,(H,16,17);;;;/q;+4;;2*-2. The van der Waals surface area contributed by atoms with Crippen LogP contribution in [0, 0.1) is 11.8 Å². The first-order valence-electron chi connectivity index (χ1n) is 6.48. The smallest absolute Gasteiger partial charge is 2.00 e. The Hall–Kier alpha value is 2.11. The predicted molar refractivity (Wildman–Crippen MR) is 98.7 cm³/mol.